The van der Waals surface area contributed by atoms with E-state index in [-0.39, 0.29) is 11.8 Å². The molecule has 33 heavy (non-hydrogen) atoms. The predicted octanol–water partition coefficient (Wildman–Crippen LogP) is 2.04. The number of aryl methyl sites for hydroxylation is 2. The second-order valence-corrected chi connectivity index (χ2v) is 8.96. The summed E-state index contributed by atoms with van der Waals surface area (Å²) < 4.78 is 7.54. The third-order valence-electron chi connectivity index (χ3n) is 6.50. The van der Waals surface area contributed by atoms with E-state index in [1.807, 2.05) is 53.7 Å². The first-order chi connectivity index (χ1) is 16.0. The number of hydrogen-bond acceptors (Lipinski definition) is 5. The van der Waals surface area contributed by atoms with Crippen molar-refractivity contribution in [3.05, 3.63) is 65.1 Å². The summed E-state index contributed by atoms with van der Waals surface area (Å²) in [5.41, 5.74) is 4.49. The van der Waals surface area contributed by atoms with Crippen molar-refractivity contribution in [2.75, 3.05) is 33.3 Å². The van der Waals surface area contributed by atoms with Crippen LogP contribution in [0.5, 0.6) is 5.75 Å². The maximum absolute atomic E-state index is 13.1. The lowest BCUT2D eigenvalue weighted by atomic mass is 10.0. The normalized spacial score (nSPS) is 18.6. The SMILES string of the molecule is Cc1ccc2nc(C(=O)N3CCN(C)[C@H](C(=O)NCc4ccc5c(c4)CCCO5)C3)cn2c1. The van der Waals surface area contributed by atoms with E-state index in [4.69, 9.17) is 4.74 Å². The van der Waals surface area contributed by atoms with Crippen molar-refractivity contribution in [2.24, 2.45) is 0 Å². The number of nitrogens with one attached hydrogen (secondary N) is 1. The van der Waals surface area contributed by atoms with E-state index in [1.165, 1.54) is 5.56 Å². The summed E-state index contributed by atoms with van der Waals surface area (Å²) in [4.78, 5) is 34.4. The number of rotatable bonds is 4. The van der Waals surface area contributed by atoms with Crippen LogP contribution in [0.25, 0.3) is 5.65 Å². The molecule has 0 radical (unpaired) electrons. The van der Waals surface area contributed by atoms with Crippen LogP contribution in [-0.4, -0.2) is 70.3 Å². The standard InChI is InChI=1S/C25H29N5O3/c1-17-5-8-23-27-20(15-30(23)14-17)25(32)29-10-9-28(2)21(16-29)24(31)26-13-18-6-7-22-19(12-18)4-3-11-33-22/h5-8,12,14-15,21H,3-4,9-11,13,16H2,1-2H3,(H,26,31)/t21-/m0/s1. The van der Waals surface area contributed by atoms with E-state index < -0.39 is 6.04 Å². The Hall–Kier alpha value is -3.39. The lowest BCUT2D eigenvalue weighted by Crippen LogP contribution is -2.58. The Morgan fingerprint density at radius 3 is 2.94 bits per heavy atom. The molecule has 0 aliphatic carbocycles. The molecule has 5 rings (SSSR count). The van der Waals surface area contributed by atoms with Gasteiger partial charge in [0.05, 0.1) is 6.61 Å². The minimum atomic E-state index is -0.400. The van der Waals surface area contributed by atoms with Crippen molar-refractivity contribution < 1.29 is 14.3 Å². The number of hydrogen-bond donors (Lipinski definition) is 1. The molecule has 172 valence electrons. The highest BCUT2D eigenvalue weighted by molar-refractivity contribution is 5.93. The number of piperazine rings is 1. The van der Waals surface area contributed by atoms with Gasteiger partial charge in [-0.05, 0) is 55.6 Å². The monoisotopic (exact) mass is 447 g/mol. The third-order valence-corrected chi connectivity index (χ3v) is 6.50. The lowest BCUT2D eigenvalue weighted by Gasteiger charge is -2.38. The predicted molar refractivity (Wildman–Crippen MR) is 124 cm³/mol. The van der Waals surface area contributed by atoms with Crippen molar-refractivity contribution in [2.45, 2.75) is 32.4 Å². The Balaban J connectivity index is 1.24. The van der Waals surface area contributed by atoms with Gasteiger partial charge in [0.1, 0.15) is 23.1 Å². The fourth-order valence-electron chi connectivity index (χ4n) is 4.54. The number of nitrogens with zero attached hydrogens (tertiary/aromatic N) is 4. The number of imidazole rings is 1. The molecule has 2 aliphatic rings. The molecule has 0 bridgehead atoms. The molecule has 1 atom stereocenters. The van der Waals surface area contributed by atoms with E-state index in [2.05, 4.69) is 16.4 Å². The van der Waals surface area contributed by atoms with Crippen LogP contribution in [0.2, 0.25) is 0 Å². The second kappa shape index (κ2) is 8.86. The average molecular weight is 448 g/mol. The maximum atomic E-state index is 13.1. The fourth-order valence-corrected chi connectivity index (χ4v) is 4.54. The second-order valence-electron chi connectivity index (χ2n) is 8.96. The summed E-state index contributed by atoms with van der Waals surface area (Å²) >= 11 is 0. The smallest absolute Gasteiger partial charge is 0.274 e. The van der Waals surface area contributed by atoms with Gasteiger partial charge >= 0.3 is 0 Å². The number of aromatic nitrogens is 2. The van der Waals surface area contributed by atoms with Gasteiger partial charge in [0.15, 0.2) is 0 Å². The summed E-state index contributed by atoms with van der Waals surface area (Å²) in [6.07, 6.45) is 5.73. The van der Waals surface area contributed by atoms with Crippen molar-refractivity contribution in [3.63, 3.8) is 0 Å². The van der Waals surface area contributed by atoms with E-state index in [1.54, 1.807) is 11.1 Å². The van der Waals surface area contributed by atoms with E-state index >= 15 is 0 Å². The molecule has 0 unspecified atom stereocenters. The first-order valence-electron chi connectivity index (χ1n) is 11.4. The molecule has 1 saturated heterocycles. The summed E-state index contributed by atoms with van der Waals surface area (Å²) in [6, 6.07) is 9.57. The van der Waals surface area contributed by atoms with Crippen LogP contribution in [0.3, 0.4) is 0 Å². The molecule has 8 heteroatoms. The molecule has 1 fully saturated rings. The number of amides is 2. The molecule has 3 aromatic rings. The van der Waals surface area contributed by atoms with Crippen LogP contribution >= 0.6 is 0 Å². The zero-order valence-electron chi connectivity index (χ0n) is 19.1. The topological polar surface area (TPSA) is 79.2 Å². The lowest BCUT2D eigenvalue weighted by molar-refractivity contribution is -0.127. The van der Waals surface area contributed by atoms with E-state index in [0.29, 0.717) is 31.9 Å². The first kappa shape index (κ1) is 21.5. The third kappa shape index (κ3) is 4.43. The van der Waals surface area contributed by atoms with Gasteiger partial charge in [-0.2, -0.15) is 0 Å². The van der Waals surface area contributed by atoms with Gasteiger partial charge in [0, 0.05) is 38.6 Å². The number of fused-ring (bicyclic) bond motifs is 2. The molecule has 8 nitrogen and oxygen atoms in total. The van der Waals surface area contributed by atoms with Crippen LogP contribution in [0, 0.1) is 6.92 Å². The molecule has 0 spiro atoms. The fraction of sp³-hybridized carbons (Fsp3) is 0.400. The largest absolute Gasteiger partial charge is 0.493 e. The van der Waals surface area contributed by atoms with Crippen molar-refractivity contribution in [1.29, 1.82) is 0 Å². The Labute approximate surface area is 193 Å². The summed E-state index contributed by atoms with van der Waals surface area (Å²) in [7, 11) is 1.93. The number of carbonyl (C=O) groups is 2. The van der Waals surface area contributed by atoms with Gasteiger partial charge in [-0.25, -0.2) is 4.98 Å². The van der Waals surface area contributed by atoms with Crippen LogP contribution in [0.4, 0.5) is 0 Å². The molecule has 0 saturated carbocycles. The Morgan fingerprint density at radius 1 is 1.18 bits per heavy atom. The molecule has 4 heterocycles. The van der Waals surface area contributed by atoms with Crippen LogP contribution in [0.15, 0.2) is 42.7 Å². The van der Waals surface area contributed by atoms with E-state index in [9.17, 15) is 9.59 Å². The maximum Gasteiger partial charge on any atom is 0.274 e. The highest BCUT2D eigenvalue weighted by atomic mass is 16.5. The minimum Gasteiger partial charge on any atom is -0.493 e. The van der Waals surface area contributed by atoms with Gasteiger partial charge in [-0.15, -0.1) is 0 Å². The zero-order valence-corrected chi connectivity index (χ0v) is 19.1. The van der Waals surface area contributed by atoms with Crippen molar-refractivity contribution >= 4 is 17.5 Å². The summed E-state index contributed by atoms with van der Waals surface area (Å²) in [5, 5.41) is 3.05. The highest BCUT2D eigenvalue weighted by Crippen LogP contribution is 2.25. The molecule has 2 aliphatic heterocycles. The minimum absolute atomic E-state index is 0.0744. The number of pyridine rings is 1. The number of likely N-dealkylation sites (N-methyl/N-ethyl adjacent to an activating group) is 1. The zero-order chi connectivity index (χ0) is 22.9. The highest BCUT2D eigenvalue weighted by Gasteiger charge is 2.33. The quantitative estimate of drug-likeness (QED) is 0.662. The van der Waals surface area contributed by atoms with Crippen molar-refractivity contribution in [1.82, 2.24) is 24.5 Å². The van der Waals surface area contributed by atoms with Gasteiger partial charge in [-0.1, -0.05) is 18.2 Å². The summed E-state index contributed by atoms with van der Waals surface area (Å²) in [6.45, 7) is 4.76. The number of ether oxygens (including phenoxy) is 1. The molecule has 2 aromatic heterocycles. The Bertz CT molecular complexity index is 1200. The molecule has 1 aromatic carbocycles. The molecule has 1 N–H and O–H groups in total. The van der Waals surface area contributed by atoms with E-state index in [0.717, 1.165) is 42.0 Å². The first-order valence-corrected chi connectivity index (χ1v) is 11.4. The molecular weight excluding hydrogens is 418 g/mol. The number of carbonyl (C=O) groups excluding carboxylic acids is 2. The van der Waals surface area contributed by atoms with Crippen LogP contribution in [-0.2, 0) is 17.8 Å². The van der Waals surface area contributed by atoms with Gasteiger partial charge in [0.2, 0.25) is 5.91 Å². The number of benzene rings is 1. The van der Waals surface area contributed by atoms with Crippen LogP contribution < -0.4 is 10.1 Å². The Morgan fingerprint density at radius 2 is 2.06 bits per heavy atom. The molecular formula is C25H29N5O3. The Kier molecular flexibility index (Phi) is 5.76. The van der Waals surface area contributed by atoms with Gasteiger partial charge < -0.3 is 19.4 Å². The average Bonchev–Trinajstić information content (AvgIpc) is 3.25. The summed E-state index contributed by atoms with van der Waals surface area (Å²) in [5.74, 6) is 0.728. The van der Waals surface area contributed by atoms with Gasteiger partial charge in [0.25, 0.3) is 5.91 Å². The van der Waals surface area contributed by atoms with Crippen molar-refractivity contribution in [3.8, 4) is 5.75 Å². The molecule has 2 amide bonds. The van der Waals surface area contributed by atoms with Crippen LogP contribution in [0.1, 0.15) is 33.6 Å². The van der Waals surface area contributed by atoms with Gasteiger partial charge in [-0.3, -0.25) is 14.5 Å².